The van der Waals surface area contributed by atoms with Crippen LogP contribution >= 0.6 is 0 Å². The van der Waals surface area contributed by atoms with Gasteiger partial charge in [0.2, 0.25) is 0 Å². The number of hydrogen-bond donors (Lipinski definition) is 2. The van der Waals surface area contributed by atoms with E-state index < -0.39 is 5.97 Å². The summed E-state index contributed by atoms with van der Waals surface area (Å²) in [6.07, 6.45) is 0. The van der Waals surface area contributed by atoms with Crippen LogP contribution in [0.2, 0.25) is 0 Å². The number of carbonyl (C=O) groups excluding carboxylic acids is 2. The van der Waals surface area contributed by atoms with Gasteiger partial charge in [0.15, 0.2) is 0 Å². The van der Waals surface area contributed by atoms with E-state index in [-0.39, 0.29) is 18.3 Å². The van der Waals surface area contributed by atoms with Crippen molar-refractivity contribution in [3.8, 4) is 0 Å². The molecular formula is C17H19FN2O3. The Bertz CT molecular complexity index is 765. The highest BCUT2D eigenvalue weighted by Gasteiger charge is 2.22. The van der Waals surface area contributed by atoms with E-state index in [1.165, 1.54) is 13.2 Å². The first-order valence-electron chi connectivity index (χ1n) is 7.15. The number of esters is 1. The highest BCUT2D eigenvalue weighted by molar-refractivity contribution is 6.00. The van der Waals surface area contributed by atoms with Crippen LogP contribution in [0, 0.1) is 26.6 Å². The standard InChI is InChI=1S/C17H19FN2O3/c1-9-7-12(5-6-13(9)18)8-19-16(21)15-10(2)14(11(3)20-15)17(22)23-4/h5-7,20H,8H2,1-4H3,(H,19,21). The Labute approximate surface area is 133 Å². The maximum atomic E-state index is 13.2. The molecule has 0 aliphatic carbocycles. The van der Waals surface area contributed by atoms with E-state index in [9.17, 15) is 14.0 Å². The highest BCUT2D eigenvalue weighted by atomic mass is 19.1. The monoisotopic (exact) mass is 318 g/mol. The molecule has 2 N–H and O–H groups in total. The Morgan fingerprint density at radius 2 is 1.96 bits per heavy atom. The van der Waals surface area contributed by atoms with E-state index in [0.29, 0.717) is 28.1 Å². The van der Waals surface area contributed by atoms with Gasteiger partial charge in [-0.1, -0.05) is 12.1 Å². The molecule has 23 heavy (non-hydrogen) atoms. The van der Waals surface area contributed by atoms with Crippen LogP contribution < -0.4 is 5.32 Å². The Balaban J connectivity index is 2.15. The van der Waals surface area contributed by atoms with Crippen molar-refractivity contribution in [2.24, 2.45) is 0 Å². The first kappa shape index (κ1) is 16.7. The lowest BCUT2D eigenvalue weighted by atomic mass is 10.1. The van der Waals surface area contributed by atoms with Gasteiger partial charge in [-0.15, -0.1) is 0 Å². The third kappa shape index (κ3) is 3.41. The number of benzene rings is 1. The topological polar surface area (TPSA) is 71.2 Å². The predicted molar refractivity (Wildman–Crippen MR) is 83.9 cm³/mol. The molecule has 0 saturated heterocycles. The molecular weight excluding hydrogens is 299 g/mol. The van der Waals surface area contributed by atoms with E-state index in [1.807, 2.05) is 0 Å². The number of hydrogen-bond acceptors (Lipinski definition) is 3. The lowest BCUT2D eigenvalue weighted by Gasteiger charge is -2.06. The first-order chi connectivity index (χ1) is 10.8. The van der Waals surface area contributed by atoms with Crippen LogP contribution in [0.3, 0.4) is 0 Å². The van der Waals surface area contributed by atoms with Crippen LogP contribution in [0.1, 0.15) is 43.2 Å². The zero-order valence-electron chi connectivity index (χ0n) is 13.5. The minimum absolute atomic E-state index is 0.269. The van der Waals surface area contributed by atoms with Gasteiger partial charge in [0, 0.05) is 12.2 Å². The van der Waals surface area contributed by atoms with E-state index in [2.05, 4.69) is 10.3 Å². The number of H-pyrrole nitrogens is 1. The van der Waals surface area contributed by atoms with Gasteiger partial charge >= 0.3 is 5.97 Å². The summed E-state index contributed by atoms with van der Waals surface area (Å²) >= 11 is 0. The van der Waals surface area contributed by atoms with E-state index >= 15 is 0 Å². The molecule has 5 nitrogen and oxygen atoms in total. The predicted octanol–water partition coefficient (Wildman–Crippen LogP) is 2.80. The third-order valence-corrected chi connectivity index (χ3v) is 3.73. The second-order valence-corrected chi connectivity index (χ2v) is 5.38. The normalized spacial score (nSPS) is 10.5. The number of aryl methyl sites for hydroxylation is 2. The minimum Gasteiger partial charge on any atom is -0.465 e. The fourth-order valence-corrected chi connectivity index (χ4v) is 2.47. The quantitative estimate of drug-likeness (QED) is 0.852. The molecule has 0 saturated carbocycles. The number of aromatic nitrogens is 1. The van der Waals surface area contributed by atoms with Crippen LogP contribution in [-0.2, 0) is 11.3 Å². The maximum absolute atomic E-state index is 13.2. The number of rotatable bonds is 4. The van der Waals surface area contributed by atoms with Gasteiger partial charge < -0.3 is 15.0 Å². The second kappa shape index (κ2) is 6.64. The maximum Gasteiger partial charge on any atom is 0.339 e. The lowest BCUT2D eigenvalue weighted by Crippen LogP contribution is -2.24. The van der Waals surface area contributed by atoms with Gasteiger partial charge in [-0.2, -0.15) is 0 Å². The van der Waals surface area contributed by atoms with Crippen LogP contribution in [0.25, 0.3) is 0 Å². The summed E-state index contributed by atoms with van der Waals surface area (Å²) in [5.74, 6) is -1.09. The van der Waals surface area contributed by atoms with E-state index in [1.54, 1.807) is 32.9 Å². The zero-order valence-corrected chi connectivity index (χ0v) is 13.5. The van der Waals surface area contributed by atoms with Gasteiger partial charge in [-0.25, -0.2) is 9.18 Å². The SMILES string of the molecule is COC(=O)c1c(C)[nH]c(C(=O)NCc2ccc(F)c(C)c2)c1C. The number of carbonyl (C=O) groups is 2. The first-order valence-corrected chi connectivity index (χ1v) is 7.15. The Kier molecular flexibility index (Phi) is 4.83. The average Bonchev–Trinajstić information content (AvgIpc) is 2.82. The number of nitrogens with one attached hydrogen (secondary N) is 2. The molecule has 1 heterocycles. The second-order valence-electron chi connectivity index (χ2n) is 5.38. The largest absolute Gasteiger partial charge is 0.465 e. The minimum atomic E-state index is -0.482. The smallest absolute Gasteiger partial charge is 0.339 e. The average molecular weight is 318 g/mol. The molecule has 1 amide bonds. The molecule has 2 aromatic rings. The molecule has 0 fully saturated rings. The van der Waals surface area contributed by atoms with Crippen molar-refractivity contribution < 1.29 is 18.7 Å². The van der Waals surface area contributed by atoms with E-state index in [4.69, 9.17) is 4.74 Å². The molecule has 0 aliphatic heterocycles. The fraction of sp³-hybridized carbons (Fsp3) is 0.294. The highest BCUT2D eigenvalue weighted by Crippen LogP contribution is 2.19. The Morgan fingerprint density at radius 1 is 1.26 bits per heavy atom. The van der Waals surface area contributed by atoms with Crippen LogP contribution in [0.15, 0.2) is 18.2 Å². The summed E-state index contributed by atoms with van der Waals surface area (Å²) in [6.45, 7) is 5.33. The summed E-state index contributed by atoms with van der Waals surface area (Å²) in [5.41, 5.74) is 3.14. The van der Waals surface area contributed by atoms with Gasteiger partial charge in [-0.05, 0) is 43.5 Å². The molecule has 0 bridgehead atoms. The fourth-order valence-electron chi connectivity index (χ4n) is 2.47. The molecule has 0 radical (unpaired) electrons. The molecule has 0 spiro atoms. The molecule has 1 aromatic heterocycles. The summed E-state index contributed by atoms with van der Waals surface area (Å²) in [4.78, 5) is 26.9. The van der Waals surface area contributed by atoms with Gasteiger partial charge in [0.05, 0.1) is 12.7 Å². The van der Waals surface area contributed by atoms with Crippen LogP contribution in [0.5, 0.6) is 0 Å². The molecule has 0 atom stereocenters. The Morgan fingerprint density at radius 3 is 2.57 bits per heavy atom. The van der Waals surface area contributed by atoms with Crippen molar-refractivity contribution in [2.75, 3.05) is 7.11 Å². The van der Waals surface area contributed by atoms with Gasteiger partial charge in [0.25, 0.3) is 5.91 Å². The van der Waals surface area contributed by atoms with Crippen LogP contribution in [-0.4, -0.2) is 24.0 Å². The number of halogens is 1. The van der Waals surface area contributed by atoms with Gasteiger partial charge in [-0.3, -0.25) is 4.79 Å². The molecule has 0 unspecified atom stereocenters. The number of methoxy groups -OCH3 is 1. The number of ether oxygens (including phenoxy) is 1. The molecule has 6 heteroatoms. The number of amides is 1. The summed E-state index contributed by atoms with van der Waals surface area (Å²) in [5, 5.41) is 2.76. The van der Waals surface area contributed by atoms with Crippen molar-refractivity contribution >= 4 is 11.9 Å². The third-order valence-electron chi connectivity index (χ3n) is 3.73. The molecule has 122 valence electrons. The summed E-state index contributed by atoms with van der Waals surface area (Å²) in [7, 11) is 1.30. The van der Waals surface area contributed by atoms with Crippen LogP contribution in [0.4, 0.5) is 4.39 Å². The number of aromatic amines is 1. The van der Waals surface area contributed by atoms with Crippen molar-refractivity contribution in [1.29, 1.82) is 0 Å². The Hall–Kier alpha value is -2.63. The van der Waals surface area contributed by atoms with Gasteiger partial charge in [0.1, 0.15) is 11.5 Å². The van der Waals surface area contributed by atoms with Crippen molar-refractivity contribution in [3.63, 3.8) is 0 Å². The summed E-state index contributed by atoms with van der Waals surface area (Å²) < 4.78 is 18.0. The van der Waals surface area contributed by atoms with Crippen molar-refractivity contribution in [2.45, 2.75) is 27.3 Å². The van der Waals surface area contributed by atoms with Crippen molar-refractivity contribution in [1.82, 2.24) is 10.3 Å². The molecule has 2 rings (SSSR count). The molecule has 0 aliphatic rings. The summed E-state index contributed by atoms with van der Waals surface area (Å²) in [6, 6.07) is 4.67. The van der Waals surface area contributed by atoms with Crippen molar-refractivity contribution in [3.05, 3.63) is 57.7 Å². The lowest BCUT2D eigenvalue weighted by molar-refractivity contribution is 0.0599. The zero-order chi connectivity index (χ0) is 17.1. The molecule has 1 aromatic carbocycles. The van der Waals surface area contributed by atoms with E-state index in [0.717, 1.165) is 5.56 Å².